The van der Waals surface area contributed by atoms with Crippen LogP contribution in [0.25, 0.3) is 32.6 Å². The first-order valence-electron chi connectivity index (χ1n) is 11.1. The van der Waals surface area contributed by atoms with Crippen LogP contribution in [0.2, 0.25) is 0 Å². The van der Waals surface area contributed by atoms with Gasteiger partial charge in [0, 0.05) is 24.8 Å². The summed E-state index contributed by atoms with van der Waals surface area (Å²) >= 11 is 1.24. The number of hydrogen-bond acceptors (Lipinski definition) is 6. The Morgan fingerprint density at radius 3 is 2.83 bits per heavy atom. The normalized spacial score (nSPS) is 15.3. The number of methoxy groups -OCH3 is 1. The highest BCUT2D eigenvalue weighted by Gasteiger charge is 2.30. The maximum absolute atomic E-state index is 15.4. The fourth-order valence-corrected chi connectivity index (χ4v) is 5.36. The van der Waals surface area contributed by atoms with Crippen LogP contribution in [0.15, 0.2) is 34.4 Å². The molecule has 0 saturated carbocycles. The number of ether oxygens (including phenoxy) is 2. The standard InChI is InChI=1S/C24H22F2N4O5S/c1-12-10-30-14(11-29(12)24(32)33)9-17(28-30)21-20(22-15(3-6-36-22)23(31)27-21)19-16(26)7-13(25)8-18(19)35-5-4-34-2/h3,6-9,12H,4-5,10-11H2,1-2H3,(H,27,31)(H,32,33). The van der Waals surface area contributed by atoms with Crippen molar-refractivity contribution in [2.75, 3.05) is 20.3 Å². The lowest BCUT2D eigenvalue weighted by Gasteiger charge is -2.31. The summed E-state index contributed by atoms with van der Waals surface area (Å²) in [7, 11) is 1.48. The Morgan fingerprint density at radius 2 is 2.08 bits per heavy atom. The molecular weight excluding hydrogens is 494 g/mol. The lowest BCUT2D eigenvalue weighted by molar-refractivity contribution is 0.105. The van der Waals surface area contributed by atoms with E-state index in [0.29, 0.717) is 33.6 Å². The Labute approximate surface area is 207 Å². The number of fused-ring (bicyclic) bond motifs is 2. The molecule has 0 radical (unpaired) electrons. The molecule has 0 fully saturated rings. The first kappa shape index (κ1) is 23.9. The smallest absolute Gasteiger partial charge is 0.407 e. The Kier molecular flexibility index (Phi) is 6.22. The molecule has 188 valence electrons. The van der Waals surface area contributed by atoms with Crippen LogP contribution < -0.4 is 10.3 Å². The van der Waals surface area contributed by atoms with Gasteiger partial charge in [-0.15, -0.1) is 11.3 Å². The number of carbonyl (C=O) groups is 1. The zero-order chi connectivity index (χ0) is 25.6. The maximum atomic E-state index is 15.4. The first-order valence-corrected chi connectivity index (χ1v) is 12.0. The first-order chi connectivity index (χ1) is 17.3. The molecule has 4 aromatic rings. The molecule has 0 bridgehead atoms. The highest BCUT2D eigenvalue weighted by atomic mass is 32.1. The average molecular weight is 517 g/mol. The summed E-state index contributed by atoms with van der Waals surface area (Å²) in [5.41, 5.74) is 1.09. The van der Waals surface area contributed by atoms with E-state index in [2.05, 4.69) is 10.1 Å². The van der Waals surface area contributed by atoms with Crippen LogP contribution in [-0.2, 0) is 17.8 Å². The molecule has 2 N–H and O–H groups in total. The molecule has 5 rings (SSSR count). The number of amides is 1. The van der Waals surface area contributed by atoms with Crippen molar-refractivity contribution in [3.8, 4) is 28.3 Å². The number of aromatic nitrogens is 3. The highest BCUT2D eigenvalue weighted by molar-refractivity contribution is 7.17. The van der Waals surface area contributed by atoms with Crippen molar-refractivity contribution >= 4 is 27.5 Å². The number of aromatic amines is 1. The van der Waals surface area contributed by atoms with Crippen molar-refractivity contribution in [2.45, 2.75) is 26.1 Å². The predicted molar refractivity (Wildman–Crippen MR) is 129 cm³/mol. The molecule has 1 amide bonds. The minimum absolute atomic E-state index is 0.0160. The second kappa shape index (κ2) is 9.36. The number of thiophene rings is 1. The predicted octanol–water partition coefficient (Wildman–Crippen LogP) is 4.31. The van der Waals surface area contributed by atoms with Gasteiger partial charge in [0.05, 0.1) is 52.8 Å². The van der Waals surface area contributed by atoms with Crippen LogP contribution in [0.1, 0.15) is 12.6 Å². The van der Waals surface area contributed by atoms with Gasteiger partial charge in [-0.3, -0.25) is 14.4 Å². The van der Waals surface area contributed by atoms with E-state index in [1.54, 1.807) is 29.1 Å². The van der Waals surface area contributed by atoms with Crippen molar-refractivity contribution in [3.63, 3.8) is 0 Å². The number of nitrogens with zero attached hydrogens (tertiary/aromatic N) is 3. The van der Waals surface area contributed by atoms with Crippen molar-refractivity contribution in [3.05, 3.63) is 57.3 Å². The number of H-pyrrole nitrogens is 1. The molecule has 0 aliphatic carbocycles. The summed E-state index contributed by atoms with van der Waals surface area (Å²) < 4.78 is 42.5. The van der Waals surface area contributed by atoms with Gasteiger partial charge < -0.3 is 19.6 Å². The molecule has 3 aromatic heterocycles. The molecule has 0 spiro atoms. The minimum Gasteiger partial charge on any atom is -0.490 e. The van der Waals surface area contributed by atoms with Gasteiger partial charge in [-0.25, -0.2) is 13.6 Å². The third-order valence-electron chi connectivity index (χ3n) is 6.11. The highest BCUT2D eigenvalue weighted by Crippen LogP contribution is 2.43. The monoisotopic (exact) mass is 516 g/mol. The van der Waals surface area contributed by atoms with Gasteiger partial charge in [0.1, 0.15) is 29.7 Å². The number of nitrogens with one attached hydrogen (secondary N) is 1. The molecule has 1 aliphatic rings. The van der Waals surface area contributed by atoms with Crippen molar-refractivity contribution in [2.24, 2.45) is 0 Å². The van der Waals surface area contributed by atoms with Crippen LogP contribution in [0, 0.1) is 11.6 Å². The zero-order valence-electron chi connectivity index (χ0n) is 19.4. The molecule has 1 unspecified atom stereocenters. The van der Waals surface area contributed by atoms with E-state index in [0.717, 1.165) is 12.1 Å². The number of hydrogen-bond donors (Lipinski definition) is 2. The molecule has 12 heteroatoms. The van der Waals surface area contributed by atoms with E-state index < -0.39 is 17.7 Å². The summed E-state index contributed by atoms with van der Waals surface area (Å²) in [4.78, 5) is 28.7. The van der Waals surface area contributed by atoms with E-state index in [-0.39, 0.29) is 48.4 Å². The Hall–Kier alpha value is -3.77. The summed E-state index contributed by atoms with van der Waals surface area (Å²) in [6, 6.07) is 4.84. The van der Waals surface area contributed by atoms with E-state index in [1.165, 1.54) is 23.3 Å². The number of benzene rings is 1. The molecule has 4 heterocycles. The van der Waals surface area contributed by atoms with Gasteiger partial charge >= 0.3 is 6.09 Å². The second-order valence-electron chi connectivity index (χ2n) is 8.43. The SMILES string of the molecule is COCCOc1cc(F)cc(F)c1-c1c(-c2cc3n(n2)CC(C)N(C(=O)O)C3)[nH]c(=O)c2ccsc12. The van der Waals surface area contributed by atoms with Crippen LogP contribution in [-0.4, -0.2) is 57.2 Å². The molecule has 1 atom stereocenters. The van der Waals surface area contributed by atoms with Crippen LogP contribution in [0.5, 0.6) is 5.75 Å². The van der Waals surface area contributed by atoms with Crippen molar-refractivity contribution < 1.29 is 28.2 Å². The van der Waals surface area contributed by atoms with Gasteiger partial charge in [0.15, 0.2) is 0 Å². The lowest BCUT2D eigenvalue weighted by Crippen LogP contribution is -2.44. The van der Waals surface area contributed by atoms with Gasteiger partial charge in [-0.2, -0.15) is 5.10 Å². The van der Waals surface area contributed by atoms with Gasteiger partial charge in [-0.05, 0) is 24.4 Å². The average Bonchev–Trinajstić information content (AvgIpc) is 3.46. The van der Waals surface area contributed by atoms with Gasteiger partial charge in [0.25, 0.3) is 5.56 Å². The van der Waals surface area contributed by atoms with Gasteiger partial charge in [0.2, 0.25) is 0 Å². The number of carboxylic acid groups (broad SMARTS) is 1. The molecule has 36 heavy (non-hydrogen) atoms. The molecule has 9 nitrogen and oxygen atoms in total. The quantitative estimate of drug-likeness (QED) is 0.370. The van der Waals surface area contributed by atoms with Crippen LogP contribution >= 0.6 is 11.3 Å². The van der Waals surface area contributed by atoms with Crippen LogP contribution in [0.3, 0.4) is 0 Å². The summed E-state index contributed by atoms with van der Waals surface area (Å²) in [5, 5.41) is 16.2. The Bertz CT molecular complexity index is 1530. The third kappa shape index (κ3) is 4.11. The summed E-state index contributed by atoms with van der Waals surface area (Å²) in [5.74, 6) is -1.71. The number of halogens is 2. The maximum Gasteiger partial charge on any atom is 0.407 e. The Balaban J connectivity index is 1.74. The second-order valence-corrected chi connectivity index (χ2v) is 9.35. The number of pyridine rings is 1. The summed E-state index contributed by atoms with van der Waals surface area (Å²) in [6.45, 7) is 2.47. The van der Waals surface area contributed by atoms with Crippen LogP contribution in [0.4, 0.5) is 13.6 Å². The largest absolute Gasteiger partial charge is 0.490 e. The Morgan fingerprint density at radius 1 is 1.28 bits per heavy atom. The fraction of sp³-hybridized carbons (Fsp3) is 0.292. The molecule has 0 saturated heterocycles. The molecule has 1 aromatic carbocycles. The van der Waals surface area contributed by atoms with E-state index in [1.807, 2.05) is 0 Å². The van der Waals surface area contributed by atoms with E-state index >= 15 is 4.39 Å². The minimum atomic E-state index is -1.04. The number of rotatable bonds is 6. The summed E-state index contributed by atoms with van der Waals surface area (Å²) in [6.07, 6.45) is -1.04. The van der Waals surface area contributed by atoms with Crippen molar-refractivity contribution in [1.29, 1.82) is 0 Å². The molecule has 1 aliphatic heterocycles. The van der Waals surface area contributed by atoms with E-state index in [9.17, 15) is 19.1 Å². The third-order valence-corrected chi connectivity index (χ3v) is 7.04. The van der Waals surface area contributed by atoms with Gasteiger partial charge in [-0.1, -0.05) is 0 Å². The lowest BCUT2D eigenvalue weighted by atomic mass is 9.99. The van der Waals surface area contributed by atoms with Crippen molar-refractivity contribution in [1.82, 2.24) is 19.7 Å². The fourth-order valence-electron chi connectivity index (χ4n) is 4.41. The molecular formula is C24H22F2N4O5S. The van der Waals surface area contributed by atoms with E-state index in [4.69, 9.17) is 9.47 Å². The topological polar surface area (TPSA) is 110 Å². The zero-order valence-corrected chi connectivity index (χ0v) is 20.2.